The van der Waals surface area contributed by atoms with Crippen molar-refractivity contribution in [3.63, 3.8) is 0 Å². The van der Waals surface area contributed by atoms with Gasteiger partial charge in [-0.05, 0) is 24.1 Å². The van der Waals surface area contributed by atoms with Crippen molar-refractivity contribution in [2.75, 3.05) is 19.8 Å². The van der Waals surface area contributed by atoms with Gasteiger partial charge in [-0.2, -0.15) is 0 Å². The van der Waals surface area contributed by atoms with Crippen LogP contribution >= 0.6 is 0 Å². The number of nitro groups is 1. The molecular weight excluding hydrogens is 336 g/mol. The molecule has 1 amide bonds. The van der Waals surface area contributed by atoms with E-state index in [0.717, 1.165) is 11.1 Å². The van der Waals surface area contributed by atoms with Crippen LogP contribution in [0.15, 0.2) is 48.5 Å². The van der Waals surface area contributed by atoms with Crippen LogP contribution in [-0.4, -0.2) is 30.7 Å². The molecule has 0 bridgehead atoms. The highest BCUT2D eigenvalue weighted by atomic mass is 16.6. The minimum Gasteiger partial charge on any atom is -0.379 e. The van der Waals surface area contributed by atoms with Crippen molar-refractivity contribution in [2.24, 2.45) is 0 Å². The third-order valence-corrected chi connectivity index (χ3v) is 3.63. The molecular formula is C19H22N2O5. The van der Waals surface area contributed by atoms with E-state index in [-0.39, 0.29) is 17.8 Å². The van der Waals surface area contributed by atoms with Gasteiger partial charge in [0.25, 0.3) is 11.6 Å². The minimum absolute atomic E-state index is 0.0490. The molecule has 0 aliphatic carbocycles. The Kier molecular flexibility index (Phi) is 7.73. The van der Waals surface area contributed by atoms with Gasteiger partial charge in [0.05, 0.1) is 24.7 Å². The van der Waals surface area contributed by atoms with E-state index < -0.39 is 10.8 Å². The lowest BCUT2D eigenvalue weighted by molar-refractivity contribution is -0.385. The lowest BCUT2D eigenvalue weighted by Gasteiger charge is -2.08. The maximum Gasteiger partial charge on any atom is 0.282 e. The molecule has 0 spiro atoms. The Morgan fingerprint density at radius 3 is 2.58 bits per heavy atom. The average Bonchev–Trinajstić information content (AvgIpc) is 2.66. The first kappa shape index (κ1) is 19.6. The number of carbonyl (C=O) groups excluding carboxylic acids is 1. The van der Waals surface area contributed by atoms with Gasteiger partial charge in [0, 0.05) is 19.2 Å². The summed E-state index contributed by atoms with van der Waals surface area (Å²) in [7, 11) is 0. The smallest absolute Gasteiger partial charge is 0.282 e. The van der Waals surface area contributed by atoms with Crippen molar-refractivity contribution < 1.29 is 19.2 Å². The second-order valence-corrected chi connectivity index (χ2v) is 5.53. The predicted molar refractivity (Wildman–Crippen MR) is 96.9 cm³/mol. The highest BCUT2D eigenvalue weighted by Gasteiger charge is 2.18. The molecule has 0 unspecified atom stereocenters. The molecule has 0 aliphatic rings. The zero-order chi connectivity index (χ0) is 18.8. The molecule has 0 aromatic heterocycles. The standard InChI is InChI=1S/C19H22N2O5/c1-2-25-10-11-26-14-16-7-5-6-15(12-16)13-20-19(22)17-8-3-4-9-18(17)21(23)24/h3-9,12H,2,10-11,13-14H2,1H3,(H,20,22). The molecule has 1 N–H and O–H groups in total. The fourth-order valence-corrected chi connectivity index (χ4v) is 2.38. The Hall–Kier alpha value is -2.77. The summed E-state index contributed by atoms with van der Waals surface area (Å²) in [4.78, 5) is 22.7. The quantitative estimate of drug-likeness (QED) is 0.400. The van der Waals surface area contributed by atoms with E-state index in [1.165, 1.54) is 18.2 Å². The van der Waals surface area contributed by atoms with Gasteiger partial charge in [0.2, 0.25) is 0 Å². The molecule has 138 valence electrons. The van der Waals surface area contributed by atoms with Crippen LogP contribution in [0, 0.1) is 10.1 Å². The van der Waals surface area contributed by atoms with Gasteiger partial charge in [-0.3, -0.25) is 14.9 Å². The van der Waals surface area contributed by atoms with E-state index in [1.807, 2.05) is 31.2 Å². The third kappa shape index (κ3) is 5.94. The van der Waals surface area contributed by atoms with E-state index in [9.17, 15) is 14.9 Å². The first-order valence-electron chi connectivity index (χ1n) is 8.36. The molecule has 7 heteroatoms. The SMILES string of the molecule is CCOCCOCc1cccc(CNC(=O)c2ccccc2[N+](=O)[O-])c1. The van der Waals surface area contributed by atoms with Crippen LogP contribution in [0.1, 0.15) is 28.4 Å². The van der Waals surface area contributed by atoms with E-state index in [2.05, 4.69) is 5.32 Å². The van der Waals surface area contributed by atoms with E-state index in [1.54, 1.807) is 6.07 Å². The van der Waals surface area contributed by atoms with Crippen molar-refractivity contribution in [2.45, 2.75) is 20.1 Å². The summed E-state index contributed by atoms with van der Waals surface area (Å²) >= 11 is 0. The number of hydrogen-bond acceptors (Lipinski definition) is 5. The number of amides is 1. The third-order valence-electron chi connectivity index (χ3n) is 3.63. The van der Waals surface area contributed by atoms with E-state index >= 15 is 0 Å². The fourth-order valence-electron chi connectivity index (χ4n) is 2.38. The van der Waals surface area contributed by atoms with Crippen LogP contribution < -0.4 is 5.32 Å². The van der Waals surface area contributed by atoms with E-state index in [0.29, 0.717) is 26.4 Å². The summed E-state index contributed by atoms with van der Waals surface area (Å²) in [6, 6.07) is 13.5. The van der Waals surface area contributed by atoms with Crippen LogP contribution in [0.25, 0.3) is 0 Å². The number of nitrogens with one attached hydrogen (secondary N) is 1. The topological polar surface area (TPSA) is 90.7 Å². The minimum atomic E-state index is -0.560. The molecule has 26 heavy (non-hydrogen) atoms. The fraction of sp³-hybridized carbons (Fsp3) is 0.316. The van der Waals surface area contributed by atoms with Crippen LogP contribution in [-0.2, 0) is 22.6 Å². The summed E-state index contributed by atoms with van der Waals surface area (Å²) in [5, 5.41) is 13.7. The molecule has 0 radical (unpaired) electrons. The van der Waals surface area contributed by atoms with Crippen molar-refractivity contribution in [3.8, 4) is 0 Å². The Labute approximate surface area is 152 Å². The number of nitro benzene ring substituents is 1. The highest BCUT2D eigenvalue weighted by Crippen LogP contribution is 2.17. The second kappa shape index (κ2) is 10.3. The summed E-state index contributed by atoms with van der Waals surface area (Å²) in [5.74, 6) is -0.476. The predicted octanol–water partition coefficient (Wildman–Crippen LogP) is 3.08. The van der Waals surface area contributed by atoms with Crippen molar-refractivity contribution >= 4 is 11.6 Å². The molecule has 2 aromatic rings. The Morgan fingerprint density at radius 2 is 1.81 bits per heavy atom. The first-order chi connectivity index (χ1) is 12.6. The van der Waals surface area contributed by atoms with Crippen LogP contribution in [0.3, 0.4) is 0 Å². The number of benzene rings is 2. The molecule has 0 atom stereocenters. The molecule has 0 fully saturated rings. The molecule has 7 nitrogen and oxygen atoms in total. The molecule has 0 heterocycles. The molecule has 0 aliphatic heterocycles. The van der Waals surface area contributed by atoms with Crippen molar-refractivity contribution in [3.05, 3.63) is 75.3 Å². The highest BCUT2D eigenvalue weighted by molar-refractivity contribution is 5.98. The number of ether oxygens (including phenoxy) is 2. The Morgan fingerprint density at radius 1 is 1.08 bits per heavy atom. The number of carbonyl (C=O) groups is 1. The lowest BCUT2D eigenvalue weighted by atomic mass is 10.1. The number of nitrogens with zero attached hydrogens (tertiary/aromatic N) is 1. The maximum absolute atomic E-state index is 12.2. The lowest BCUT2D eigenvalue weighted by Crippen LogP contribution is -2.23. The average molecular weight is 358 g/mol. The molecule has 0 saturated carbocycles. The zero-order valence-electron chi connectivity index (χ0n) is 14.6. The molecule has 2 aromatic carbocycles. The Bertz CT molecular complexity index is 748. The monoisotopic (exact) mass is 358 g/mol. The van der Waals surface area contributed by atoms with Crippen molar-refractivity contribution in [1.29, 1.82) is 0 Å². The van der Waals surface area contributed by atoms with Gasteiger partial charge in [0.1, 0.15) is 5.56 Å². The van der Waals surface area contributed by atoms with Crippen molar-refractivity contribution in [1.82, 2.24) is 5.32 Å². The van der Waals surface area contributed by atoms with Gasteiger partial charge in [0.15, 0.2) is 0 Å². The number of para-hydroxylation sites is 1. The normalized spacial score (nSPS) is 10.5. The van der Waals surface area contributed by atoms with Crippen LogP contribution in [0.2, 0.25) is 0 Å². The number of rotatable bonds is 10. The summed E-state index contributed by atoms with van der Waals surface area (Å²) < 4.78 is 10.7. The summed E-state index contributed by atoms with van der Waals surface area (Å²) in [6.45, 7) is 4.41. The molecule has 0 saturated heterocycles. The summed E-state index contributed by atoms with van der Waals surface area (Å²) in [5.41, 5.74) is 1.72. The first-order valence-corrected chi connectivity index (χ1v) is 8.36. The maximum atomic E-state index is 12.2. The van der Waals surface area contributed by atoms with Gasteiger partial charge in [-0.1, -0.05) is 36.4 Å². The molecule has 2 rings (SSSR count). The summed E-state index contributed by atoms with van der Waals surface area (Å²) in [6.07, 6.45) is 0. The Balaban J connectivity index is 1.90. The number of hydrogen-bond donors (Lipinski definition) is 1. The van der Waals surface area contributed by atoms with Gasteiger partial charge >= 0.3 is 0 Å². The largest absolute Gasteiger partial charge is 0.379 e. The van der Waals surface area contributed by atoms with Crippen LogP contribution in [0.5, 0.6) is 0 Å². The van der Waals surface area contributed by atoms with E-state index in [4.69, 9.17) is 9.47 Å². The second-order valence-electron chi connectivity index (χ2n) is 5.53. The van der Waals surface area contributed by atoms with Gasteiger partial charge < -0.3 is 14.8 Å². The van der Waals surface area contributed by atoms with Crippen LogP contribution in [0.4, 0.5) is 5.69 Å². The zero-order valence-corrected chi connectivity index (χ0v) is 14.6. The van der Waals surface area contributed by atoms with Gasteiger partial charge in [-0.25, -0.2) is 0 Å². The van der Waals surface area contributed by atoms with Gasteiger partial charge in [-0.15, -0.1) is 0 Å².